The number of nitrogens with zero attached hydrogens (tertiary/aromatic N) is 1. The first-order chi connectivity index (χ1) is 7.93. The van der Waals surface area contributed by atoms with Crippen molar-refractivity contribution in [2.24, 2.45) is 5.73 Å². The molecule has 0 saturated heterocycles. The van der Waals surface area contributed by atoms with Crippen molar-refractivity contribution in [3.05, 3.63) is 29.6 Å². The predicted molar refractivity (Wildman–Crippen MR) is 68.6 cm³/mol. The summed E-state index contributed by atoms with van der Waals surface area (Å²) in [5.41, 5.74) is 7.11. The molecule has 0 amide bonds. The fourth-order valence-corrected chi connectivity index (χ4v) is 1.81. The zero-order valence-electron chi connectivity index (χ0n) is 10.7. The highest BCUT2D eigenvalue weighted by molar-refractivity contribution is 5.54. The number of halogens is 1. The Labute approximate surface area is 102 Å². The van der Waals surface area contributed by atoms with Crippen molar-refractivity contribution < 1.29 is 9.50 Å². The fourth-order valence-electron chi connectivity index (χ4n) is 1.81. The first kappa shape index (κ1) is 13.9. The van der Waals surface area contributed by atoms with Gasteiger partial charge < -0.3 is 15.7 Å². The lowest BCUT2D eigenvalue weighted by Gasteiger charge is -2.24. The van der Waals surface area contributed by atoms with Crippen LogP contribution >= 0.6 is 0 Å². The number of hydrogen-bond donors (Lipinski definition) is 2. The molecule has 0 aliphatic carbocycles. The van der Waals surface area contributed by atoms with Crippen LogP contribution in [0.3, 0.4) is 0 Å². The van der Waals surface area contributed by atoms with E-state index < -0.39 is 0 Å². The number of aliphatic hydroxyl groups is 1. The molecule has 0 fully saturated rings. The van der Waals surface area contributed by atoms with Gasteiger partial charge in [0.15, 0.2) is 0 Å². The van der Waals surface area contributed by atoms with E-state index in [0.29, 0.717) is 18.5 Å². The summed E-state index contributed by atoms with van der Waals surface area (Å²) in [5.74, 6) is -0.276. The summed E-state index contributed by atoms with van der Waals surface area (Å²) >= 11 is 0. The van der Waals surface area contributed by atoms with Crippen LogP contribution in [-0.2, 0) is 0 Å². The number of anilines is 1. The van der Waals surface area contributed by atoms with E-state index in [0.717, 1.165) is 5.69 Å². The zero-order chi connectivity index (χ0) is 13.0. The number of hydrogen-bond acceptors (Lipinski definition) is 3. The van der Waals surface area contributed by atoms with Gasteiger partial charge in [-0.3, -0.25) is 0 Å². The second-order valence-corrected chi connectivity index (χ2v) is 4.52. The molecule has 0 saturated carbocycles. The van der Waals surface area contributed by atoms with E-state index in [1.807, 2.05) is 18.0 Å². The lowest BCUT2D eigenvalue weighted by molar-refractivity contribution is 0.187. The lowest BCUT2D eigenvalue weighted by atomic mass is 10.0. The largest absolute Gasteiger partial charge is 0.393 e. The molecule has 1 aromatic carbocycles. The molecule has 1 unspecified atom stereocenters. The molecule has 1 rings (SSSR count). The topological polar surface area (TPSA) is 49.5 Å². The zero-order valence-corrected chi connectivity index (χ0v) is 10.7. The minimum atomic E-state index is -0.357. The Bertz CT molecular complexity index is 366. The molecule has 0 aliphatic heterocycles. The fraction of sp³-hybridized carbons (Fsp3) is 0.538. The van der Waals surface area contributed by atoms with E-state index in [1.165, 1.54) is 6.07 Å². The van der Waals surface area contributed by atoms with Gasteiger partial charge in [0.1, 0.15) is 5.82 Å². The molecule has 4 heteroatoms. The third-order valence-corrected chi connectivity index (χ3v) is 2.78. The Morgan fingerprint density at radius 3 is 2.59 bits per heavy atom. The van der Waals surface area contributed by atoms with E-state index in [1.54, 1.807) is 19.9 Å². The Hall–Kier alpha value is -1.13. The molecule has 3 nitrogen and oxygen atoms in total. The molecule has 2 atom stereocenters. The number of rotatable bonds is 5. The molecule has 0 radical (unpaired) electrons. The molecule has 0 aliphatic rings. The molecule has 0 aromatic heterocycles. The van der Waals surface area contributed by atoms with Gasteiger partial charge in [0.25, 0.3) is 0 Å². The van der Waals surface area contributed by atoms with Crippen molar-refractivity contribution in [3.8, 4) is 0 Å². The van der Waals surface area contributed by atoms with Gasteiger partial charge in [-0.05, 0) is 32.4 Å². The van der Waals surface area contributed by atoms with E-state index in [-0.39, 0.29) is 18.0 Å². The van der Waals surface area contributed by atoms with Gasteiger partial charge in [-0.2, -0.15) is 0 Å². The Morgan fingerprint density at radius 2 is 2.06 bits per heavy atom. The van der Waals surface area contributed by atoms with Crippen LogP contribution in [0.5, 0.6) is 0 Å². The average Bonchev–Trinajstić information content (AvgIpc) is 2.24. The number of benzene rings is 1. The van der Waals surface area contributed by atoms with Crippen molar-refractivity contribution in [1.29, 1.82) is 0 Å². The number of nitrogens with two attached hydrogens (primary N) is 1. The summed E-state index contributed by atoms with van der Waals surface area (Å²) < 4.78 is 13.7. The molecule has 3 N–H and O–H groups in total. The van der Waals surface area contributed by atoms with Gasteiger partial charge >= 0.3 is 0 Å². The van der Waals surface area contributed by atoms with Crippen LogP contribution in [0.25, 0.3) is 0 Å². The standard InChI is InChI=1S/C13H21FN2O/c1-9(17)7-8-16(3)12-6-4-5-11(14)13(12)10(2)15/h4-6,9-10,17H,7-8,15H2,1-3H3/t9?,10-/m1/s1. The molecule has 0 heterocycles. The van der Waals surface area contributed by atoms with Crippen molar-refractivity contribution in [2.45, 2.75) is 32.4 Å². The van der Waals surface area contributed by atoms with Gasteiger partial charge in [0.2, 0.25) is 0 Å². The highest BCUT2D eigenvalue weighted by Gasteiger charge is 2.15. The van der Waals surface area contributed by atoms with Gasteiger partial charge in [-0.25, -0.2) is 4.39 Å². The highest BCUT2D eigenvalue weighted by atomic mass is 19.1. The Morgan fingerprint density at radius 1 is 1.41 bits per heavy atom. The van der Waals surface area contributed by atoms with Gasteiger partial charge in [-0.1, -0.05) is 6.07 Å². The molecule has 17 heavy (non-hydrogen) atoms. The van der Waals surface area contributed by atoms with E-state index in [9.17, 15) is 9.50 Å². The van der Waals surface area contributed by atoms with Crippen LogP contribution < -0.4 is 10.6 Å². The maximum atomic E-state index is 13.7. The molecule has 0 spiro atoms. The Balaban J connectivity index is 2.92. The maximum Gasteiger partial charge on any atom is 0.130 e. The van der Waals surface area contributed by atoms with E-state index in [4.69, 9.17) is 5.73 Å². The summed E-state index contributed by atoms with van der Waals surface area (Å²) in [7, 11) is 1.88. The van der Waals surface area contributed by atoms with E-state index >= 15 is 0 Å². The first-order valence-electron chi connectivity index (χ1n) is 5.86. The molecule has 1 aromatic rings. The second kappa shape index (κ2) is 5.98. The summed E-state index contributed by atoms with van der Waals surface area (Å²) in [4.78, 5) is 1.93. The lowest BCUT2D eigenvalue weighted by Crippen LogP contribution is -2.24. The van der Waals surface area contributed by atoms with Crippen molar-refractivity contribution >= 4 is 5.69 Å². The van der Waals surface area contributed by atoms with Crippen molar-refractivity contribution in [3.63, 3.8) is 0 Å². The van der Waals surface area contributed by atoms with Crippen LogP contribution in [0.2, 0.25) is 0 Å². The van der Waals surface area contributed by atoms with Crippen LogP contribution in [0.15, 0.2) is 18.2 Å². The predicted octanol–water partition coefficient (Wildman–Crippen LogP) is 2.05. The molecule has 96 valence electrons. The van der Waals surface area contributed by atoms with Crippen LogP contribution in [-0.4, -0.2) is 24.8 Å². The van der Waals surface area contributed by atoms with Crippen molar-refractivity contribution in [2.75, 3.05) is 18.5 Å². The van der Waals surface area contributed by atoms with E-state index in [2.05, 4.69) is 0 Å². The summed E-state index contributed by atoms with van der Waals surface area (Å²) in [5, 5.41) is 9.26. The quantitative estimate of drug-likeness (QED) is 0.828. The van der Waals surface area contributed by atoms with Crippen LogP contribution in [0, 0.1) is 5.82 Å². The second-order valence-electron chi connectivity index (χ2n) is 4.52. The maximum absolute atomic E-state index is 13.7. The number of aliphatic hydroxyl groups excluding tert-OH is 1. The summed E-state index contributed by atoms with van der Waals surface area (Å²) in [6.45, 7) is 4.18. The summed E-state index contributed by atoms with van der Waals surface area (Å²) in [6.07, 6.45) is 0.288. The van der Waals surface area contributed by atoms with Crippen LogP contribution in [0.1, 0.15) is 31.9 Å². The minimum Gasteiger partial charge on any atom is -0.393 e. The Kier molecular flexibility index (Phi) is 4.90. The van der Waals surface area contributed by atoms with Crippen molar-refractivity contribution in [1.82, 2.24) is 0 Å². The molecule has 0 bridgehead atoms. The monoisotopic (exact) mass is 240 g/mol. The smallest absolute Gasteiger partial charge is 0.130 e. The van der Waals surface area contributed by atoms with Crippen LogP contribution in [0.4, 0.5) is 10.1 Å². The average molecular weight is 240 g/mol. The molecular formula is C13H21FN2O. The minimum absolute atomic E-state index is 0.276. The SMILES string of the molecule is CC(O)CCN(C)c1cccc(F)c1[C@@H](C)N. The normalized spacial score (nSPS) is 14.5. The molecular weight excluding hydrogens is 219 g/mol. The van der Waals surface area contributed by atoms with Gasteiger partial charge in [0, 0.05) is 30.9 Å². The first-order valence-corrected chi connectivity index (χ1v) is 5.86. The van der Waals surface area contributed by atoms with Gasteiger partial charge in [0.05, 0.1) is 6.10 Å². The highest BCUT2D eigenvalue weighted by Crippen LogP contribution is 2.27. The third kappa shape index (κ3) is 3.68. The third-order valence-electron chi connectivity index (χ3n) is 2.78. The summed E-state index contributed by atoms with van der Waals surface area (Å²) in [6, 6.07) is 4.60. The van der Waals surface area contributed by atoms with Gasteiger partial charge in [-0.15, -0.1) is 0 Å².